The molecule has 2 aliphatic heterocycles. The van der Waals surface area contributed by atoms with Crippen LogP contribution >= 0.6 is 11.6 Å². The summed E-state index contributed by atoms with van der Waals surface area (Å²) in [6, 6.07) is 22.1. The summed E-state index contributed by atoms with van der Waals surface area (Å²) in [6.45, 7) is 3.07. The third-order valence-corrected chi connectivity index (χ3v) is 7.66. The molecule has 38 heavy (non-hydrogen) atoms. The number of fused-ring (bicyclic) bond motifs is 2. The van der Waals surface area contributed by atoms with Crippen molar-refractivity contribution in [3.05, 3.63) is 94.6 Å². The molecule has 2 aliphatic rings. The number of ether oxygens (including phenoxy) is 2. The van der Waals surface area contributed by atoms with Crippen LogP contribution < -0.4 is 20.1 Å². The van der Waals surface area contributed by atoms with Crippen LogP contribution in [0.25, 0.3) is 10.9 Å². The Kier molecular flexibility index (Phi) is 7.22. The normalized spacial score (nSPS) is 18.8. The van der Waals surface area contributed by atoms with Gasteiger partial charge in [0, 0.05) is 54.3 Å². The number of rotatable bonds is 9. The smallest absolute Gasteiger partial charge is 0.237 e. The van der Waals surface area contributed by atoms with E-state index in [0.717, 1.165) is 54.1 Å². The lowest BCUT2D eigenvalue weighted by molar-refractivity contribution is -0.125. The van der Waals surface area contributed by atoms with Crippen molar-refractivity contribution in [2.75, 3.05) is 19.9 Å². The van der Waals surface area contributed by atoms with Gasteiger partial charge in [-0.1, -0.05) is 48.0 Å². The van der Waals surface area contributed by atoms with Gasteiger partial charge in [-0.3, -0.25) is 9.69 Å². The minimum Gasteiger partial charge on any atom is -0.454 e. The Morgan fingerprint density at radius 3 is 2.74 bits per heavy atom. The molecule has 0 radical (unpaired) electrons. The average Bonchev–Trinajstić information content (AvgIpc) is 3.67. The maximum absolute atomic E-state index is 13.4. The van der Waals surface area contributed by atoms with E-state index >= 15 is 0 Å². The molecule has 1 fully saturated rings. The van der Waals surface area contributed by atoms with E-state index in [1.54, 1.807) is 0 Å². The fraction of sp³-hybridized carbons (Fsp3) is 0.300. The second kappa shape index (κ2) is 11.1. The molecule has 1 amide bonds. The number of hydrogen-bond donors (Lipinski definition) is 3. The molecule has 2 atom stereocenters. The molecule has 4 aromatic rings. The second-order valence-electron chi connectivity index (χ2n) is 9.97. The quantitative estimate of drug-likeness (QED) is 0.294. The van der Waals surface area contributed by atoms with Gasteiger partial charge in [-0.05, 0) is 59.9 Å². The maximum Gasteiger partial charge on any atom is 0.237 e. The van der Waals surface area contributed by atoms with Crippen molar-refractivity contribution < 1.29 is 14.3 Å². The van der Waals surface area contributed by atoms with Gasteiger partial charge in [0.15, 0.2) is 11.5 Å². The van der Waals surface area contributed by atoms with E-state index < -0.39 is 0 Å². The first-order chi connectivity index (χ1) is 18.6. The van der Waals surface area contributed by atoms with Gasteiger partial charge < -0.3 is 25.1 Å². The number of carbonyl (C=O) groups excluding carboxylic acids is 1. The molecule has 3 heterocycles. The van der Waals surface area contributed by atoms with Gasteiger partial charge in [0.1, 0.15) is 0 Å². The zero-order chi connectivity index (χ0) is 25.9. The van der Waals surface area contributed by atoms with Crippen LogP contribution in [0.4, 0.5) is 0 Å². The number of para-hydroxylation sites is 1. The average molecular weight is 531 g/mol. The minimum atomic E-state index is -0.206. The van der Waals surface area contributed by atoms with Crippen molar-refractivity contribution in [2.45, 2.75) is 38.0 Å². The van der Waals surface area contributed by atoms with Crippen molar-refractivity contribution in [1.29, 1.82) is 0 Å². The maximum atomic E-state index is 13.4. The van der Waals surface area contributed by atoms with Gasteiger partial charge >= 0.3 is 0 Å². The van der Waals surface area contributed by atoms with Gasteiger partial charge in [0.25, 0.3) is 0 Å². The number of aromatic amines is 1. The zero-order valence-electron chi connectivity index (χ0n) is 21.1. The molecule has 1 aromatic heterocycles. The number of H-pyrrole nitrogens is 1. The van der Waals surface area contributed by atoms with Crippen LogP contribution in [0, 0.1) is 0 Å². The minimum absolute atomic E-state index is 0.0658. The summed E-state index contributed by atoms with van der Waals surface area (Å²) >= 11 is 6.10. The zero-order valence-corrected chi connectivity index (χ0v) is 21.8. The van der Waals surface area contributed by atoms with Gasteiger partial charge in [-0.15, -0.1) is 0 Å². The van der Waals surface area contributed by atoms with Crippen LogP contribution in [-0.2, 0) is 24.3 Å². The Bertz CT molecular complexity index is 1420. The van der Waals surface area contributed by atoms with Crippen LogP contribution in [0.5, 0.6) is 11.5 Å². The van der Waals surface area contributed by atoms with E-state index in [2.05, 4.69) is 44.9 Å². The van der Waals surface area contributed by atoms with E-state index in [1.807, 2.05) is 48.5 Å². The lowest BCUT2D eigenvalue weighted by Gasteiger charge is -2.23. The SMILES string of the molecule is O=C(NCCc1ccc2c(c1)OCO2)[C@@H]1C[C@H](NCc2c[nH]c3ccccc23)CN1Cc1ccc(Cl)cc1. The van der Waals surface area contributed by atoms with Crippen molar-refractivity contribution in [3.63, 3.8) is 0 Å². The molecule has 0 saturated carbocycles. The van der Waals surface area contributed by atoms with Crippen LogP contribution in [0.3, 0.4) is 0 Å². The highest BCUT2D eigenvalue weighted by atomic mass is 35.5. The molecule has 0 bridgehead atoms. The third kappa shape index (κ3) is 5.50. The number of hydrogen-bond acceptors (Lipinski definition) is 5. The predicted molar refractivity (Wildman–Crippen MR) is 148 cm³/mol. The van der Waals surface area contributed by atoms with Crippen LogP contribution in [0.2, 0.25) is 5.02 Å². The third-order valence-electron chi connectivity index (χ3n) is 7.41. The van der Waals surface area contributed by atoms with Crippen molar-refractivity contribution in [3.8, 4) is 11.5 Å². The highest BCUT2D eigenvalue weighted by Crippen LogP contribution is 2.32. The number of benzene rings is 3. The lowest BCUT2D eigenvalue weighted by Crippen LogP contribution is -2.43. The number of likely N-dealkylation sites (tertiary alicyclic amines) is 1. The van der Waals surface area contributed by atoms with E-state index in [0.29, 0.717) is 18.1 Å². The number of carbonyl (C=O) groups is 1. The number of amides is 1. The standard InChI is InChI=1S/C30H31ClN4O3/c31-23-8-5-21(6-9-23)17-35-18-24(33-15-22-16-34-26-4-2-1-3-25(22)26)14-27(35)30(36)32-12-11-20-7-10-28-29(13-20)38-19-37-28/h1-10,13,16,24,27,33-34H,11-12,14-15,17-19H2,(H,32,36)/t24-,27-/m0/s1. The number of halogens is 1. The molecule has 7 nitrogen and oxygen atoms in total. The first-order valence-electron chi connectivity index (χ1n) is 13.1. The number of nitrogens with zero attached hydrogens (tertiary/aromatic N) is 1. The summed E-state index contributed by atoms with van der Waals surface area (Å²) in [4.78, 5) is 19.0. The molecule has 3 aromatic carbocycles. The molecule has 8 heteroatoms. The van der Waals surface area contributed by atoms with E-state index in [9.17, 15) is 4.79 Å². The molecule has 196 valence electrons. The Morgan fingerprint density at radius 1 is 1.03 bits per heavy atom. The monoisotopic (exact) mass is 530 g/mol. The topological polar surface area (TPSA) is 78.6 Å². The summed E-state index contributed by atoms with van der Waals surface area (Å²) in [7, 11) is 0. The molecule has 1 saturated heterocycles. The molecule has 0 aliphatic carbocycles. The summed E-state index contributed by atoms with van der Waals surface area (Å²) in [5, 5.41) is 8.82. The Morgan fingerprint density at radius 2 is 1.84 bits per heavy atom. The van der Waals surface area contributed by atoms with Crippen LogP contribution in [0.15, 0.2) is 72.9 Å². The largest absolute Gasteiger partial charge is 0.454 e. The molecule has 3 N–H and O–H groups in total. The molecular weight excluding hydrogens is 500 g/mol. The highest BCUT2D eigenvalue weighted by Gasteiger charge is 2.36. The molecule has 0 unspecified atom stereocenters. The van der Waals surface area contributed by atoms with E-state index in [-0.39, 0.29) is 24.8 Å². The fourth-order valence-corrected chi connectivity index (χ4v) is 5.53. The molecule has 0 spiro atoms. The Balaban J connectivity index is 1.09. The summed E-state index contributed by atoms with van der Waals surface area (Å²) < 4.78 is 10.9. The van der Waals surface area contributed by atoms with E-state index in [4.69, 9.17) is 21.1 Å². The first-order valence-corrected chi connectivity index (χ1v) is 13.4. The van der Waals surface area contributed by atoms with Crippen molar-refractivity contribution in [2.24, 2.45) is 0 Å². The second-order valence-corrected chi connectivity index (χ2v) is 10.4. The van der Waals surface area contributed by atoms with Crippen LogP contribution in [-0.4, -0.2) is 47.8 Å². The van der Waals surface area contributed by atoms with Crippen molar-refractivity contribution >= 4 is 28.4 Å². The fourth-order valence-electron chi connectivity index (χ4n) is 5.40. The summed E-state index contributed by atoms with van der Waals surface area (Å²) in [6.07, 6.45) is 3.55. The van der Waals surface area contributed by atoms with Crippen molar-refractivity contribution in [1.82, 2.24) is 20.5 Å². The lowest BCUT2D eigenvalue weighted by atomic mass is 10.1. The van der Waals surface area contributed by atoms with Gasteiger partial charge in [-0.2, -0.15) is 0 Å². The number of aromatic nitrogens is 1. The first kappa shape index (κ1) is 24.8. The highest BCUT2D eigenvalue weighted by molar-refractivity contribution is 6.30. The summed E-state index contributed by atoms with van der Waals surface area (Å²) in [5.41, 5.74) is 4.63. The van der Waals surface area contributed by atoms with Gasteiger partial charge in [0.05, 0.1) is 6.04 Å². The summed E-state index contributed by atoms with van der Waals surface area (Å²) in [5.74, 6) is 1.60. The number of nitrogens with one attached hydrogen (secondary N) is 3. The van der Waals surface area contributed by atoms with Gasteiger partial charge in [-0.25, -0.2) is 0 Å². The van der Waals surface area contributed by atoms with E-state index in [1.165, 1.54) is 10.9 Å². The Labute approximate surface area is 227 Å². The van der Waals surface area contributed by atoms with Gasteiger partial charge in [0.2, 0.25) is 12.7 Å². The Hall–Kier alpha value is -3.52. The molecular formula is C30H31ClN4O3. The van der Waals surface area contributed by atoms with Crippen LogP contribution in [0.1, 0.15) is 23.1 Å². The molecule has 6 rings (SSSR count). The predicted octanol–water partition coefficient (Wildman–Crippen LogP) is 4.64.